The number of rotatable bonds is 5. The molecule has 2 unspecified atom stereocenters. The van der Waals surface area contributed by atoms with Crippen LogP contribution in [0.3, 0.4) is 0 Å². The zero-order valence-corrected chi connectivity index (χ0v) is 16.5. The highest BCUT2D eigenvalue weighted by Crippen LogP contribution is 2.36. The Labute approximate surface area is 170 Å². The minimum Gasteiger partial charge on any atom is -0.307 e. The third-order valence-corrected chi connectivity index (χ3v) is 6.19. The van der Waals surface area contributed by atoms with Crippen molar-refractivity contribution in [1.82, 2.24) is 25.9 Å². The van der Waals surface area contributed by atoms with Crippen LogP contribution < -0.4 is 5.32 Å². The van der Waals surface area contributed by atoms with Crippen LogP contribution in [0.1, 0.15) is 49.3 Å². The Bertz CT molecular complexity index is 1080. The lowest BCUT2D eigenvalue weighted by molar-refractivity contribution is 0.459. The number of H-pyrrole nitrogens is 1. The van der Waals surface area contributed by atoms with Gasteiger partial charge < -0.3 is 5.32 Å². The molecule has 0 aliphatic heterocycles. The van der Waals surface area contributed by atoms with Crippen LogP contribution in [-0.2, 0) is 0 Å². The van der Waals surface area contributed by atoms with Gasteiger partial charge in [-0.15, -0.1) is 10.2 Å². The van der Waals surface area contributed by atoms with Crippen molar-refractivity contribution in [1.29, 1.82) is 0 Å². The molecule has 0 radical (unpaired) electrons. The summed E-state index contributed by atoms with van der Waals surface area (Å²) in [5.74, 6) is 1.25. The van der Waals surface area contributed by atoms with Crippen LogP contribution in [0.15, 0.2) is 66.7 Å². The van der Waals surface area contributed by atoms with Crippen molar-refractivity contribution in [3.8, 4) is 11.4 Å². The van der Waals surface area contributed by atoms with Gasteiger partial charge in [-0.25, -0.2) is 0 Å². The van der Waals surface area contributed by atoms with E-state index in [-0.39, 0.29) is 0 Å². The van der Waals surface area contributed by atoms with Crippen molar-refractivity contribution in [2.75, 3.05) is 0 Å². The standard InChI is InChI=1S/C24H25N5/c1-16(22-8-4-6-18-5-2-3-7-23(18)22)25-21-14-13-20(15-21)17-9-11-19(12-10-17)24-26-28-29-27-24/h2-12,16,20-21,25H,13-15H2,1H3,(H,26,27,28,29)/t16-,20?,21?/m1/s1. The molecule has 29 heavy (non-hydrogen) atoms. The van der Waals surface area contributed by atoms with E-state index in [1.165, 1.54) is 41.2 Å². The monoisotopic (exact) mass is 383 g/mol. The molecule has 1 saturated carbocycles. The van der Waals surface area contributed by atoms with Crippen molar-refractivity contribution in [3.63, 3.8) is 0 Å². The molecule has 2 N–H and O–H groups in total. The lowest BCUT2D eigenvalue weighted by atomic mass is 9.96. The zero-order chi connectivity index (χ0) is 19.6. The highest BCUT2D eigenvalue weighted by atomic mass is 15.5. The minimum absolute atomic E-state index is 0.338. The predicted octanol–water partition coefficient (Wildman–Crippen LogP) is 5.01. The largest absolute Gasteiger partial charge is 0.307 e. The van der Waals surface area contributed by atoms with Crippen LogP contribution in [0.5, 0.6) is 0 Å². The van der Waals surface area contributed by atoms with Gasteiger partial charge in [-0.3, -0.25) is 0 Å². The first-order valence-corrected chi connectivity index (χ1v) is 10.4. The Kier molecular flexibility index (Phi) is 4.82. The summed E-state index contributed by atoms with van der Waals surface area (Å²) in [7, 11) is 0. The van der Waals surface area contributed by atoms with Gasteiger partial charge in [-0.05, 0) is 59.2 Å². The average Bonchev–Trinajstić information content (AvgIpc) is 3.46. The quantitative estimate of drug-likeness (QED) is 0.508. The molecule has 5 nitrogen and oxygen atoms in total. The van der Waals surface area contributed by atoms with E-state index < -0.39 is 0 Å². The highest BCUT2D eigenvalue weighted by molar-refractivity contribution is 5.86. The molecule has 0 bridgehead atoms. The first-order chi connectivity index (χ1) is 14.3. The SMILES string of the molecule is C[C@@H](NC1CCC(c2ccc(-c3nn[nH]n3)cc2)C1)c1cccc2ccccc12. The second kappa shape index (κ2) is 7.76. The normalized spacial score (nSPS) is 20.2. The van der Waals surface area contributed by atoms with Crippen LogP contribution in [0.4, 0.5) is 0 Å². The summed E-state index contributed by atoms with van der Waals surface area (Å²) in [4.78, 5) is 0. The number of tetrazole rings is 1. The van der Waals surface area contributed by atoms with Gasteiger partial charge in [0.05, 0.1) is 0 Å². The molecule has 5 heteroatoms. The second-order valence-electron chi connectivity index (χ2n) is 8.02. The maximum atomic E-state index is 4.05. The average molecular weight is 383 g/mol. The van der Waals surface area contributed by atoms with E-state index >= 15 is 0 Å². The van der Waals surface area contributed by atoms with E-state index in [2.05, 4.69) is 99.6 Å². The van der Waals surface area contributed by atoms with Crippen LogP contribution in [0.2, 0.25) is 0 Å². The maximum Gasteiger partial charge on any atom is 0.204 e. The van der Waals surface area contributed by atoms with E-state index in [0.29, 0.717) is 23.8 Å². The number of aromatic nitrogens is 4. The molecule has 1 aliphatic carbocycles. The van der Waals surface area contributed by atoms with E-state index in [4.69, 9.17) is 0 Å². The Morgan fingerprint density at radius 3 is 2.62 bits per heavy atom. The third-order valence-electron chi connectivity index (χ3n) is 6.19. The Morgan fingerprint density at radius 2 is 1.79 bits per heavy atom. The van der Waals surface area contributed by atoms with E-state index in [1.807, 2.05) is 0 Å². The van der Waals surface area contributed by atoms with Gasteiger partial charge in [-0.2, -0.15) is 5.21 Å². The van der Waals surface area contributed by atoms with Crippen LogP contribution in [0, 0.1) is 0 Å². The Balaban J connectivity index is 1.26. The summed E-state index contributed by atoms with van der Waals surface area (Å²) >= 11 is 0. The van der Waals surface area contributed by atoms with Crippen molar-refractivity contribution in [2.24, 2.45) is 0 Å². The molecule has 5 rings (SSSR count). The van der Waals surface area contributed by atoms with Gasteiger partial charge in [0.1, 0.15) is 0 Å². The number of hydrogen-bond donors (Lipinski definition) is 2. The van der Waals surface area contributed by atoms with E-state index in [0.717, 1.165) is 5.56 Å². The molecule has 0 amide bonds. The van der Waals surface area contributed by atoms with Gasteiger partial charge in [0.15, 0.2) is 0 Å². The fourth-order valence-electron chi connectivity index (χ4n) is 4.70. The molecule has 3 atom stereocenters. The summed E-state index contributed by atoms with van der Waals surface area (Å²) < 4.78 is 0. The topological polar surface area (TPSA) is 66.5 Å². The number of aromatic amines is 1. The number of nitrogens with zero attached hydrogens (tertiary/aromatic N) is 3. The minimum atomic E-state index is 0.338. The summed E-state index contributed by atoms with van der Waals surface area (Å²) in [6.07, 6.45) is 3.62. The molecule has 1 fully saturated rings. The smallest absolute Gasteiger partial charge is 0.204 e. The summed E-state index contributed by atoms with van der Waals surface area (Å²) in [6, 6.07) is 24.8. The maximum absolute atomic E-state index is 4.05. The van der Waals surface area contributed by atoms with Crippen LogP contribution in [0.25, 0.3) is 22.2 Å². The summed E-state index contributed by atoms with van der Waals surface area (Å²) in [6.45, 7) is 2.29. The molecule has 1 heterocycles. The molecule has 0 saturated heterocycles. The number of hydrogen-bond acceptors (Lipinski definition) is 4. The molecule has 1 aromatic heterocycles. The Morgan fingerprint density at radius 1 is 0.966 bits per heavy atom. The van der Waals surface area contributed by atoms with Gasteiger partial charge in [0.25, 0.3) is 0 Å². The molecule has 146 valence electrons. The molecule has 1 aliphatic rings. The van der Waals surface area contributed by atoms with Crippen molar-refractivity contribution >= 4 is 10.8 Å². The molecular weight excluding hydrogens is 358 g/mol. The van der Waals surface area contributed by atoms with Crippen LogP contribution in [-0.4, -0.2) is 26.7 Å². The molecule has 3 aromatic carbocycles. The third kappa shape index (κ3) is 3.66. The van der Waals surface area contributed by atoms with Crippen molar-refractivity contribution in [3.05, 3.63) is 77.9 Å². The fourth-order valence-corrected chi connectivity index (χ4v) is 4.70. The fraction of sp³-hybridized carbons (Fsp3) is 0.292. The van der Waals surface area contributed by atoms with Gasteiger partial charge in [-0.1, -0.05) is 66.7 Å². The predicted molar refractivity (Wildman–Crippen MR) is 115 cm³/mol. The van der Waals surface area contributed by atoms with Crippen molar-refractivity contribution in [2.45, 2.75) is 44.2 Å². The second-order valence-corrected chi connectivity index (χ2v) is 8.02. The number of fused-ring (bicyclic) bond motifs is 1. The number of benzene rings is 3. The Hall–Kier alpha value is -3.05. The van der Waals surface area contributed by atoms with Crippen LogP contribution >= 0.6 is 0 Å². The lowest BCUT2D eigenvalue weighted by Gasteiger charge is -2.21. The first-order valence-electron chi connectivity index (χ1n) is 10.4. The van der Waals surface area contributed by atoms with Crippen molar-refractivity contribution < 1.29 is 0 Å². The first kappa shape index (κ1) is 18.0. The summed E-state index contributed by atoms with van der Waals surface area (Å²) in [5, 5.41) is 20.8. The van der Waals surface area contributed by atoms with Gasteiger partial charge in [0.2, 0.25) is 5.82 Å². The summed E-state index contributed by atoms with van der Waals surface area (Å²) in [5.41, 5.74) is 3.79. The molecule has 4 aromatic rings. The van der Waals surface area contributed by atoms with Gasteiger partial charge in [0, 0.05) is 17.6 Å². The van der Waals surface area contributed by atoms with E-state index in [9.17, 15) is 0 Å². The zero-order valence-electron chi connectivity index (χ0n) is 16.5. The lowest BCUT2D eigenvalue weighted by Crippen LogP contribution is -2.29. The van der Waals surface area contributed by atoms with E-state index in [1.54, 1.807) is 0 Å². The number of nitrogens with one attached hydrogen (secondary N) is 2. The molecular formula is C24H25N5. The highest BCUT2D eigenvalue weighted by Gasteiger charge is 2.27. The van der Waals surface area contributed by atoms with Gasteiger partial charge >= 0.3 is 0 Å². The molecule has 0 spiro atoms.